The number of hydrogen-bond acceptors (Lipinski definition) is 3. The van der Waals surface area contributed by atoms with E-state index in [2.05, 4.69) is 28.4 Å². The summed E-state index contributed by atoms with van der Waals surface area (Å²) in [6.45, 7) is 8.14. The molecule has 3 unspecified atom stereocenters. The van der Waals surface area contributed by atoms with E-state index in [4.69, 9.17) is 0 Å². The van der Waals surface area contributed by atoms with Crippen LogP contribution in [0, 0.1) is 0 Å². The van der Waals surface area contributed by atoms with E-state index < -0.39 is 5.28 Å². The van der Waals surface area contributed by atoms with E-state index in [-0.39, 0.29) is 11.7 Å². The van der Waals surface area contributed by atoms with E-state index in [9.17, 15) is 9.59 Å². The van der Waals surface area contributed by atoms with Gasteiger partial charge in [-0.05, 0) is 52.0 Å². The SMILES string of the molecule is CCC(C)NCCCCCC(=O)C(P)(CC)N1CCCCCC1=O. The molecule has 5 heteroatoms. The Balaban J connectivity index is 2.43. The van der Waals surface area contributed by atoms with Gasteiger partial charge >= 0.3 is 0 Å². The molecule has 1 amide bonds. The van der Waals surface area contributed by atoms with Crippen molar-refractivity contribution in [1.29, 1.82) is 0 Å². The zero-order valence-corrected chi connectivity index (χ0v) is 17.1. The van der Waals surface area contributed by atoms with Gasteiger partial charge < -0.3 is 10.2 Å². The molecule has 0 bridgehead atoms. The molecule has 1 saturated heterocycles. The smallest absolute Gasteiger partial charge is 0.223 e. The first kappa shape index (κ1) is 21.6. The Bertz CT molecular complexity index is 403. The van der Waals surface area contributed by atoms with Gasteiger partial charge in [0.25, 0.3) is 0 Å². The topological polar surface area (TPSA) is 49.4 Å². The molecule has 0 aromatic heterocycles. The van der Waals surface area contributed by atoms with Crippen LogP contribution in [-0.2, 0) is 9.59 Å². The number of unbranched alkanes of at least 4 members (excludes halogenated alkanes) is 2. The van der Waals surface area contributed by atoms with Crippen LogP contribution in [0.4, 0.5) is 0 Å². The summed E-state index contributed by atoms with van der Waals surface area (Å²) < 4.78 is 0. The Morgan fingerprint density at radius 1 is 1.25 bits per heavy atom. The highest BCUT2D eigenvalue weighted by Crippen LogP contribution is 2.33. The molecule has 1 rings (SSSR count). The minimum absolute atomic E-state index is 0.149. The zero-order valence-electron chi connectivity index (χ0n) is 15.9. The van der Waals surface area contributed by atoms with Crippen LogP contribution in [0.3, 0.4) is 0 Å². The molecule has 1 N–H and O–H groups in total. The summed E-state index contributed by atoms with van der Waals surface area (Å²) in [5, 5.41) is 2.80. The highest BCUT2D eigenvalue weighted by molar-refractivity contribution is 7.21. The second-order valence-electron chi connectivity index (χ2n) is 7.13. The molecule has 0 radical (unpaired) electrons. The molecule has 24 heavy (non-hydrogen) atoms. The molecule has 1 aliphatic heterocycles. The molecule has 0 aromatic carbocycles. The predicted molar refractivity (Wildman–Crippen MR) is 104 cm³/mol. The first-order valence-electron chi connectivity index (χ1n) is 9.81. The molecule has 1 aliphatic rings. The highest BCUT2D eigenvalue weighted by atomic mass is 31.0. The summed E-state index contributed by atoms with van der Waals surface area (Å²) in [4.78, 5) is 27.0. The first-order valence-corrected chi connectivity index (χ1v) is 10.4. The van der Waals surface area contributed by atoms with E-state index in [1.807, 2.05) is 11.8 Å². The number of ketones is 1. The Hall–Kier alpha value is -0.470. The Kier molecular flexibility index (Phi) is 10.1. The zero-order chi connectivity index (χ0) is 18.0. The maximum absolute atomic E-state index is 12.8. The molecule has 1 heterocycles. The van der Waals surface area contributed by atoms with Crippen LogP contribution in [0.2, 0.25) is 0 Å². The fourth-order valence-corrected chi connectivity index (χ4v) is 3.66. The van der Waals surface area contributed by atoms with Crippen molar-refractivity contribution < 1.29 is 9.59 Å². The summed E-state index contributed by atoms with van der Waals surface area (Å²) in [5.74, 6) is 0.357. The maximum Gasteiger partial charge on any atom is 0.223 e. The van der Waals surface area contributed by atoms with Crippen molar-refractivity contribution >= 4 is 20.9 Å². The van der Waals surface area contributed by atoms with Crippen LogP contribution in [-0.4, -0.2) is 41.0 Å². The molecular formula is C19H37N2O2P. The van der Waals surface area contributed by atoms with Gasteiger partial charge in [0.1, 0.15) is 5.28 Å². The normalized spacial score (nSPS) is 19.7. The molecule has 0 spiro atoms. The summed E-state index contributed by atoms with van der Waals surface area (Å²) >= 11 is 0. The lowest BCUT2D eigenvalue weighted by atomic mass is 10.0. The maximum atomic E-state index is 12.8. The van der Waals surface area contributed by atoms with Gasteiger partial charge in [0.05, 0.1) is 0 Å². The number of carbonyl (C=O) groups is 2. The van der Waals surface area contributed by atoms with E-state index in [1.165, 1.54) is 0 Å². The monoisotopic (exact) mass is 356 g/mol. The van der Waals surface area contributed by atoms with Crippen molar-refractivity contribution in [2.75, 3.05) is 13.1 Å². The quantitative estimate of drug-likeness (QED) is 0.451. The number of likely N-dealkylation sites (tertiary alicyclic amines) is 1. The lowest BCUT2D eigenvalue weighted by Crippen LogP contribution is -2.52. The molecule has 0 aliphatic carbocycles. The van der Waals surface area contributed by atoms with Gasteiger partial charge in [-0.25, -0.2) is 0 Å². The number of nitrogens with one attached hydrogen (secondary N) is 1. The second kappa shape index (κ2) is 11.2. The van der Waals surface area contributed by atoms with Crippen molar-refractivity contribution in [3.05, 3.63) is 0 Å². The summed E-state index contributed by atoms with van der Waals surface area (Å²) in [5.41, 5.74) is 0. The second-order valence-corrected chi connectivity index (χ2v) is 8.09. The number of amides is 1. The van der Waals surface area contributed by atoms with Crippen LogP contribution < -0.4 is 5.32 Å². The van der Waals surface area contributed by atoms with Gasteiger partial charge in [-0.1, -0.05) is 26.7 Å². The van der Waals surface area contributed by atoms with Gasteiger partial charge in [0.2, 0.25) is 5.91 Å². The summed E-state index contributed by atoms with van der Waals surface area (Å²) in [6.07, 6.45) is 9.13. The fourth-order valence-electron chi connectivity index (χ4n) is 3.24. The Morgan fingerprint density at radius 3 is 2.67 bits per heavy atom. The van der Waals surface area contributed by atoms with Gasteiger partial charge in [0.15, 0.2) is 5.78 Å². The van der Waals surface area contributed by atoms with E-state index in [0.717, 1.165) is 58.0 Å². The van der Waals surface area contributed by atoms with Crippen LogP contribution in [0.1, 0.15) is 85.0 Å². The number of rotatable bonds is 11. The van der Waals surface area contributed by atoms with Crippen molar-refractivity contribution in [3.63, 3.8) is 0 Å². The number of carbonyl (C=O) groups excluding carboxylic acids is 2. The molecule has 0 aromatic rings. The Morgan fingerprint density at radius 2 is 2.00 bits per heavy atom. The molecular weight excluding hydrogens is 319 g/mol. The molecule has 3 atom stereocenters. The molecule has 1 fully saturated rings. The Labute approximate surface area is 150 Å². The third-order valence-electron chi connectivity index (χ3n) is 5.26. The minimum Gasteiger partial charge on any atom is -0.327 e. The first-order chi connectivity index (χ1) is 11.5. The van der Waals surface area contributed by atoms with Gasteiger partial charge in [-0.15, -0.1) is 9.24 Å². The molecule has 4 nitrogen and oxygen atoms in total. The van der Waals surface area contributed by atoms with Crippen LogP contribution in [0.5, 0.6) is 0 Å². The number of hydrogen-bond donors (Lipinski definition) is 1. The minimum atomic E-state index is -0.684. The molecule has 140 valence electrons. The van der Waals surface area contributed by atoms with Crippen molar-refractivity contribution in [2.24, 2.45) is 0 Å². The van der Waals surface area contributed by atoms with Crippen molar-refractivity contribution in [2.45, 2.75) is 96.3 Å². The highest BCUT2D eigenvalue weighted by Gasteiger charge is 2.40. The van der Waals surface area contributed by atoms with Gasteiger partial charge in [-0.3, -0.25) is 9.59 Å². The predicted octanol–water partition coefficient (Wildman–Crippen LogP) is 3.89. The van der Waals surface area contributed by atoms with Crippen LogP contribution >= 0.6 is 9.24 Å². The largest absolute Gasteiger partial charge is 0.327 e. The lowest BCUT2D eigenvalue weighted by molar-refractivity contribution is -0.141. The van der Waals surface area contributed by atoms with Crippen LogP contribution in [0.25, 0.3) is 0 Å². The van der Waals surface area contributed by atoms with Crippen molar-refractivity contribution in [3.8, 4) is 0 Å². The van der Waals surface area contributed by atoms with Crippen molar-refractivity contribution in [1.82, 2.24) is 10.2 Å². The average molecular weight is 356 g/mol. The third kappa shape index (κ3) is 6.44. The van der Waals surface area contributed by atoms with E-state index in [1.54, 1.807) is 0 Å². The van der Waals surface area contributed by atoms with E-state index >= 15 is 0 Å². The fraction of sp³-hybridized carbons (Fsp3) is 0.895. The number of nitrogens with zero attached hydrogens (tertiary/aromatic N) is 1. The summed E-state index contributed by atoms with van der Waals surface area (Å²) in [6, 6.07) is 0.570. The lowest BCUT2D eigenvalue weighted by Gasteiger charge is -2.39. The van der Waals surface area contributed by atoms with E-state index in [0.29, 0.717) is 25.3 Å². The van der Waals surface area contributed by atoms with Gasteiger partial charge in [-0.2, -0.15) is 0 Å². The average Bonchev–Trinajstić information content (AvgIpc) is 2.81. The third-order valence-corrected chi connectivity index (χ3v) is 6.30. The van der Waals surface area contributed by atoms with Crippen LogP contribution in [0.15, 0.2) is 0 Å². The molecule has 0 saturated carbocycles. The number of Topliss-reactive ketones (excluding diaryl/α,β-unsaturated/α-hetero) is 1. The summed E-state index contributed by atoms with van der Waals surface area (Å²) in [7, 11) is 2.72. The standard InChI is InChI=1S/C19H37N2O2P/c1-4-16(3)20-14-10-6-8-12-17(22)19(24,5-2)21-15-11-7-9-13-18(21)23/h16,20H,4-15,24H2,1-3H3. The van der Waals surface area contributed by atoms with Gasteiger partial charge in [0, 0.05) is 25.4 Å².